The van der Waals surface area contributed by atoms with Gasteiger partial charge in [-0.05, 0) is 63.3 Å². The topological polar surface area (TPSA) is 95.6 Å². The van der Waals surface area contributed by atoms with Gasteiger partial charge in [-0.2, -0.15) is 0 Å². The number of amides is 2. The number of piperidine rings is 1. The van der Waals surface area contributed by atoms with Gasteiger partial charge in [0.1, 0.15) is 0 Å². The number of hydrogen-bond donors (Lipinski definition) is 2. The van der Waals surface area contributed by atoms with Crippen molar-refractivity contribution in [3.8, 4) is 0 Å². The first-order valence-electron chi connectivity index (χ1n) is 11.0. The third kappa shape index (κ3) is 5.60. The summed E-state index contributed by atoms with van der Waals surface area (Å²) in [5, 5.41) is 6.07. The van der Waals surface area contributed by atoms with E-state index in [1.807, 2.05) is 13.0 Å². The Morgan fingerprint density at radius 3 is 2.33 bits per heavy atom. The van der Waals surface area contributed by atoms with Gasteiger partial charge in [0.2, 0.25) is 15.9 Å². The van der Waals surface area contributed by atoms with E-state index in [1.165, 1.54) is 10.7 Å². The number of carbonyl (C=O) groups excluding carboxylic acids is 2. The van der Waals surface area contributed by atoms with E-state index in [-0.39, 0.29) is 29.5 Å². The third-order valence-corrected chi connectivity index (χ3v) is 8.15. The highest BCUT2D eigenvalue weighted by Gasteiger charge is 2.30. The summed E-state index contributed by atoms with van der Waals surface area (Å²) in [5.41, 5.74) is 2.14. The van der Waals surface area contributed by atoms with E-state index in [0.717, 1.165) is 31.2 Å². The molecule has 1 aliphatic carbocycles. The quantitative estimate of drug-likeness (QED) is 0.718. The molecule has 0 unspecified atom stereocenters. The standard InChI is InChI=1S/C22H33N3O4S/c1-3-30(28,29)25-13-11-17(12-14-25)21(26)24-20-10-9-18(15-16(20)2)22(27)23-19-7-5-4-6-8-19/h9-10,15,17,19H,3-8,11-14H2,1-2H3,(H,23,27)(H,24,26). The molecular weight excluding hydrogens is 402 g/mol. The summed E-state index contributed by atoms with van der Waals surface area (Å²) in [5.74, 6) is -0.274. The van der Waals surface area contributed by atoms with E-state index in [0.29, 0.717) is 37.2 Å². The first-order valence-corrected chi connectivity index (χ1v) is 12.6. The zero-order valence-electron chi connectivity index (χ0n) is 17.9. The van der Waals surface area contributed by atoms with Crippen LogP contribution in [0.5, 0.6) is 0 Å². The molecule has 1 aromatic rings. The van der Waals surface area contributed by atoms with Crippen LogP contribution in [0.25, 0.3) is 0 Å². The third-order valence-electron chi connectivity index (χ3n) is 6.27. The number of hydrogen-bond acceptors (Lipinski definition) is 4. The first-order chi connectivity index (χ1) is 14.3. The maximum atomic E-state index is 12.7. The molecule has 2 fully saturated rings. The van der Waals surface area contributed by atoms with Crippen LogP contribution in [0.3, 0.4) is 0 Å². The second-order valence-electron chi connectivity index (χ2n) is 8.40. The summed E-state index contributed by atoms with van der Waals surface area (Å²) in [4.78, 5) is 25.2. The Bertz CT molecular complexity index is 870. The molecule has 2 aliphatic rings. The summed E-state index contributed by atoms with van der Waals surface area (Å²) in [6.07, 6.45) is 6.69. The molecule has 2 N–H and O–H groups in total. The normalized spacial score (nSPS) is 19.4. The SMILES string of the molecule is CCS(=O)(=O)N1CCC(C(=O)Nc2ccc(C(=O)NC3CCCCC3)cc2C)CC1. The van der Waals surface area contributed by atoms with Crippen LogP contribution in [0, 0.1) is 12.8 Å². The first kappa shape index (κ1) is 22.7. The maximum Gasteiger partial charge on any atom is 0.251 e. The number of sulfonamides is 1. The zero-order valence-corrected chi connectivity index (χ0v) is 18.8. The van der Waals surface area contributed by atoms with Crippen LogP contribution in [-0.4, -0.2) is 49.4 Å². The van der Waals surface area contributed by atoms with Gasteiger partial charge in [-0.25, -0.2) is 12.7 Å². The van der Waals surface area contributed by atoms with Gasteiger partial charge in [0.05, 0.1) is 5.75 Å². The van der Waals surface area contributed by atoms with Crippen molar-refractivity contribution in [2.45, 2.75) is 64.8 Å². The lowest BCUT2D eigenvalue weighted by Crippen LogP contribution is -2.42. The fraction of sp³-hybridized carbons (Fsp3) is 0.636. The number of benzene rings is 1. The molecule has 1 heterocycles. The molecule has 0 atom stereocenters. The van der Waals surface area contributed by atoms with Crippen LogP contribution in [-0.2, 0) is 14.8 Å². The number of rotatable bonds is 6. The molecule has 30 heavy (non-hydrogen) atoms. The van der Waals surface area contributed by atoms with E-state index in [9.17, 15) is 18.0 Å². The molecule has 2 amide bonds. The Labute approximate surface area is 179 Å². The molecule has 1 aromatic carbocycles. The predicted molar refractivity (Wildman–Crippen MR) is 118 cm³/mol. The molecule has 3 rings (SSSR count). The monoisotopic (exact) mass is 435 g/mol. The minimum absolute atomic E-state index is 0.0626. The van der Waals surface area contributed by atoms with Crippen molar-refractivity contribution in [1.82, 2.24) is 9.62 Å². The van der Waals surface area contributed by atoms with E-state index < -0.39 is 10.0 Å². The van der Waals surface area contributed by atoms with Gasteiger partial charge in [0, 0.05) is 36.3 Å². The number of aryl methyl sites for hydroxylation is 1. The summed E-state index contributed by atoms with van der Waals surface area (Å²) in [6.45, 7) is 4.28. The van der Waals surface area contributed by atoms with Crippen molar-refractivity contribution >= 4 is 27.5 Å². The Balaban J connectivity index is 1.55. The molecule has 1 aliphatic heterocycles. The van der Waals surface area contributed by atoms with Crippen molar-refractivity contribution in [3.05, 3.63) is 29.3 Å². The lowest BCUT2D eigenvalue weighted by atomic mass is 9.95. The molecule has 0 bridgehead atoms. The summed E-state index contributed by atoms with van der Waals surface area (Å²) in [6, 6.07) is 5.59. The van der Waals surface area contributed by atoms with Crippen molar-refractivity contribution in [2.75, 3.05) is 24.2 Å². The van der Waals surface area contributed by atoms with Crippen molar-refractivity contribution in [3.63, 3.8) is 0 Å². The van der Waals surface area contributed by atoms with Crippen molar-refractivity contribution < 1.29 is 18.0 Å². The van der Waals surface area contributed by atoms with Gasteiger partial charge >= 0.3 is 0 Å². The van der Waals surface area contributed by atoms with Gasteiger partial charge in [0.25, 0.3) is 5.91 Å². The molecular formula is C22H33N3O4S. The molecule has 0 spiro atoms. The predicted octanol–water partition coefficient (Wildman–Crippen LogP) is 3.06. The Hall–Kier alpha value is -1.93. The second-order valence-corrected chi connectivity index (χ2v) is 10.7. The van der Waals surface area contributed by atoms with Crippen LogP contribution >= 0.6 is 0 Å². The highest BCUT2D eigenvalue weighted by Crippen LogP contribution is 2.24. The molecule has 0 aromatic heterocycles. The highest BCUT2D eigenvalue weighted by molar-refractivity contribution is 7.89. The highest BCUT2D eigenvalue weighted by atomic mass is 32.2. The van der Waals surface area contributed by atoms with Gasteiger partial charge in [0.15, 0.2) is 0 Å². The summed E-state index contributed by atoms with van der Waals surface area (Å²) >= 11 is 0. The lowest BCUT2D eigenvalue weighted by molar-refractivity contribution is -0.120. The van der Waals surface area contributed by atoms with Crippen LogP contribution in [0.15, 0.2) is 18.2 Å². The summed E-state index contributed by atoms with van der Waals surface area (Å²) < 4.78 is 25.4. The Morgan fingerprint density at radius 2 is 1.73 bits per heavy atom. The Morgan fingerprint density at radius 1 is 1.07 bits per heavy atom. The average molecular weight is 436 g/mol. The Kier molecular flexibility index (Phi) is 7.52. The van der Waals surface area contributed by atoms with E-state index in [1.54, 1.807) is 19.1 Å². The summed E-state index contributed by atoms with van der Waals surface area (Å²) in [7, 11) is -3.20. The number of anilines is 1. The maximum absolute atomic E-state index is 12.7. The molecule has 7 nitrogen and oxygen atoms in total. The zero-order chi connectivity index (χ0) is 21.7. The molecule has 0 radical (unpaired) electrons. The smallest absolute Gasteiger partial charge is 0.251 e. The molecule has 8 heteroatoms. The van der Waals surface area contributed by atoms with Gasteiger partial charge in [-0.15, -0.1) is 0 Å². The fourth-order valence-electron chi connectivity index (χ4n) is 4.27. The van der Waals surface area contributed by atoms with Gasteiger partial charge < -0.3 is 10.6 Å². The van der Waals surface area contributed by atoms with Crippen molar-refractivity contribution in [1.29, 1.82) is 0 Å². The average Bonchev–Trinajstić information content (AvgIpc) is 2.75. The fourth-order valence-corrected chi connectivity index (χ4v) is 5.41. The van der Waals surface area contributed by atoms with E-state index in [2.05, 4.69) is 10.6 Å². The van der Waals surface area contributed by atoms with E-state index >= 15 is 0 Å². The largest absolute Gasteiger partial charge is 0.349 e. The van der Waals surface area contributed by atoms with E-state index in [4.69, 9.17) is 0 Å². The number of nitrogens with zero attached hydrogens (tertiary/aromatic N) is 1. The van der Waals surface area contributed by atoms with Crippen molar-refractivity contribution in [2.24, 2.45) is 5.92 Å². The minimum atomic E-state index is -3.20. The second kappa shape index (κ2) is 9.92. The van der Waals surface area contributed by atoms with Gasteiger partial charge in [-0.3, -0.25) is 9.59 Å². The molecule has 1 saturated carbocycles. The molecule has 1 saturated heterocycles. The molecule has 166 valence electrons. The number of nitrogens with one attached hydrogen (secondary N) is 2. The minimum Gasteiger partial charge on any atom is -0.349 e. The van der Waals surface area contributed by atoms with Crippen LogP contribution in [0.2, 0.25) is 0 Å². The van der Waals surface area contributed by atoms with Crippen LogP contribution in [0.4, 0.5) is 5.69 Å². The van der Waals surface area contributed by atoms with Crippen LogP contribution in [0.1, 0.15) is 67.8 Å². The van der Waals surface area contributed by atoms with Gasteiger partial charge in [-0.1, -0.05) is 19.3 Å². The number of carbonyl (C=O) groups is 2. The van der Waals surface area contributed by atoms with Crippen LogP contribution < -0.4 is 10.6 Å². The lowest BCUT2D eigenvalue weighted by Gasteiger charge is -2.30.